The van der Waals surface area contributed by atoms with Crippen LogP contribution < -0.4 is 0 Å². The second-order valence-electron chi connectivity index (χ2n) is 4.72. The Balaban J connectivity index is -0.0000000301. The molecular formula is C27H54Y-2. The van der Waals surface area contributed by atoms with Crippen molar-refractivity contribution in [3.63, 3.8) is 0 Å². The van der Waals surface area contributed by atoms with E-state index in [2.05, 4.69) is 65.8 Å². The first-order valence-corrected chi connectivity index (χ1v) is 9.65. The predicted octanol–water partition coefficient (Wildman–Crippen LogP) is 10.4. The zero-order valence-corrected chi connectivity index (χ0v) is 23.6. The van der Waals surface area contributed by atoms with Gasteiger partial charge in [0.05, 0.1) is 0 Å². The quantitative estimate of drug-likeness (QED) is 0.338. The van der Waals surface area contributed by atoms with Gasteiger partial charge >= 0.3 is 0 Å². The Labute approximate surface area is 207 Å². The molecule has 0 aliphatic carbocycles. The molecule has 0 nitrogen and oxygen atoms in total. The van der Waals surface area contributed by atoms with Gasteiger partial charge in [0.25, 0.3) is 0 Å². The van der Waals surface area contributed by atoms with Crippen LogP contribution in [0.4, 0.5) is 0 Å². The smallest absolute Gasteiger partial charge is 0 e. The van der Waals surface area contributed by atoms with Crippen LogP contribution in [-0.2, 0) is 32.7 Å². The van der Waals surface area contributed by atoms with Crippen LogP contribution in [0.3, 0.4) is 0 Å². The summed E-state index contributed by atoms with van der Waals surface area (Å²) in [6.45, 7) is 20.7. The summed E-state index contributed by atoms with van der Waals surface area (Å²) in [6.07, 6.45) is 2.50. The van der Waals surface area contributed by atoms with E-state index >= 15 is 0 Å². The van der Waals surface area contributed by atoms with Gasteiger partial charge in [-0.15, -0.1) is 0 Å². The molecule has 0 bridgehead atoms. The molecule has 0 atom stereocenters. The van der Waals surface area contributed by atoms with Crippen LogP contribution in [0.1, 0.15) is 86.8 Å². The molecule has 0 aliphatic heterocycles. The second-order valence-corrected chi connectivity index (χ2v) is 4.72. The third-order valence-electron chi connectivity index (χ3n) is 1.88. The first-order valence-electron chi connectivity index (χ1n) is 9.65. The molecule has 2 aromatic rings. The van der Waals surface area contributed by atoms with Gasteiger partial charge in [-0.2, -0.15) is 0 Å². The van der Waals surface area contributed by atoms with Crippen molar-refractivity contribution in [1.82, 2.24) is 0 Å². The zero-order valence-electron chi connectivity index (χ0n) is 20.8. The second kappa shape index (κ2) is 56.3. The number of rotatable bonds is 0. The molecular weight excluding hydrogens is 413 g/mol. The summed E-state index contributed by atoms with van der Waals surface area (Å²) in [5.74, 6) is 0. The van der Waals surface area contributed by atoms with E-state index in [1.54, 1.807) is 0 Å². The Morgan fingerprint density at radius 2 is 0.643 bits per heavy atom. The maximum absolute atomic E-state index is 2.12. The van der Waals surface area contributed by atoms with Gasteiger partial charge in [-0.05, 0) is 13.8 Å². The van der Waals surface area contributed by atoms with E-state index in [0.717, 1.165) is 0 Å². The van der Waals surface area contributed by atoms with Crippen molar-refractivity contribution in [2.75, 3.05) is 0 Å². The van der Waals surface area contributed by atoms with Crippen LogP contribution in [0, 0.1) is 28.7 Å². The summed E-state index contributed by atoms with van der Waals surface area (Å²) in [6, 6.07) is 20.5. The van der Waals surface area contributed by atoms with E-state index in [9.17, 15) is 0 Å². The molecule has 0 heterocycles. The van der Waals surface area contributed by atoms with E-state index < -0.39 is 0 Å². The Morgan fingerprint density at radius 1 is 0.500 bits per heavy atom. The van der Waals surface area contributed by atoms with Crippen LogP contribution in [0.25, 0.3) is 0 Å². The number of hydrogen-bond donors (Lipinski definition) is 0. The maximum atomic E-state index is 2.12. The minimum atomic E-state index is 0. The Morgan fingerprint density at radius 3 is 0.714 bits per heavy atom. The monoisotopic (exact) mass is 467 g/mol. The van der Waals surface area contributed by atoms with Gasteiger partial charge in [0, 0.05) is 32.7 Å². The number of hydrogen-bond acceptors (Lipinski definition) is 0. The molecule has 28 heavy (non-hydrogen) atoms. The van der Waals surface area contributed by atoms with E-state index in [-0.39, 0.29) is 55.0 Å². The van der Waals surface area contributed by atoms with Crippen LogP contribution in [0.2, 0.25) is 0 Å². The average molecular weight is 468 g/mol. The first-order chi connectivity index (χ1) is 11.6. The summed E-state index contributed by atoms with van der Waals surface area (Å²) in [5.41, 5.74) is 2.64. The molecule has 0 saturated carbocycles. The van der Waals surface area contributed by atoms with E-state index in [1.807, 2.05) is 64.1 Å². The molecule has 0 aliphatic rings. The summed E-state index contributed by atoms with van der Waals surface area (Å²) in [7, 11) is 0. The molecule has 0 amide bonds. The third kappa shape index (κ3) is 63.7. The van der Waals surface area contributed by atoms with Crippen molar-refractivity contribution in [3.05, 3.63) is 86.6 Å². The molecule has 167 valence electrons. The summed E-state index contributed by atoms with van der Waals surface area (Å²) >= 11 is 0. The molecule has 1 radical (unpaired) electrons. The van der Waals surface area contributed by atoms with Crippen LogP contribution in [0.5, 0.6) is 0 Å². The standard InChI is InChI=1S/2C7H8.2C3H8.2C2H6.CH4.2CH3.Y/c2*1-7-5-3-2-4-6-7;2*1-3-2;2*1-2;;;;/h2*2-6H,1H3;2*3H2,1-2H3;2*1-2H3;1H4;2*1H3;/q;;;;;;;2*-1;. The van der Waals surface area contributed by atoms with Gasteiger partial charge in [-0.25, -0.2) is 0 Å². The summed E-state index contributed by atoms with van der Waals surface area (Å²) in [5, 5.41) is 0. The minimum absolute atomic E-state index is 0. The molecule has 0 spiro atoms. The van der Waals surface area contributed by atoms with Crippen molar-refractivity contribution in [1.29, 1.82) is 0 Å². The normalized spacial score (nSPS) is 6.07. The van der Waals surface area contributed by atoms with Gasteiger partial charge in [-0.3, -0.25) is 0 Å². The number of aryl methyl sites for hydroxylation is 2. The predicted molar refractivity (Wildman–Crippen MR) is 137 cm³/mol. The molecule has 0 N–H and O–H groups in total. The fourth-order valence-corrected chi connectivity index (χ4v) is 1.07. The van der Waals surface area contributed by atoms with Crippen molar-refractivity contribution < 1.29 is 32.7 Å². The minimum Gasteiger partial charge on any atom is -0.358 e. The molecule has 2 rings (SSSR count). The van der Waals surface area contributed by atoms with Gasteiger partial charge in [0.2, 0.25) is 0 Å². The van der Waals surface area contributed by atoms with Gasteiger partial charge in [-0.1, -0.05) is 147 Å². The molecule has 2 aromatic carbocycles. The molecule has 0 aromatic heterocycles. The fourth-order valence-electron chi connectivity index (χ4n) is 1.07. The molecule has 0 unspecified atom stereocenters. The first kappa shape index (κ1) is 50.8. The topological polar surface area (TPSA) is 0 Å². The van der Waals surface area contributed by atoms with Crippen LogP contribution in [0.15, 0.2) is 60.7 Å². The molecule has 0 saturated heterocycles. The third-order valence-corrected chi connectivity index (χ3v) is 1.88. The van der Waals surface area contributed by atoms with Crippen molar-refractivity contribution in [2.45, 2.75) is 89.5 Å². The van der Waals surface area contributed by atoms with Crippen molar-refractivity contribution >= 4 is 0 Å². The zero-order chi connectivity index (χ0) is 19.6. The Kier molecular flexibility index (Phi) is 102. The van der Waals surface area contributed by atoms with Crippen molar-refractivity contribution in [3.8, 4) is 0 Å². The SMILES string of the molecule is C.CC.CC.CCC.CCC.Cc1ccccc1.Cc1ccccc1.[CH3-].[CH3-].[Y]. The Hall–Kier alpha value is -0.456. The molecule has 1 heteroatoms. The van der Waals surface area contributed by atoms with E-state index in [1.165, 1.54) is 24.0 Å². The fraction of sp³-hybridized carbons (Fsp3) is 0.481. The van der Waals surface area contributed by atoms with Gasteiger partial charge in [0.1, 0.15) is 0 Å². The number of benzene rings is 2. The van der Waals surface area contributed by atoms with E-state index in [0.29, 0.717) is 0 Å². The van der Waals surface area contributed by atoms with Gasteiger partial charge in [0.15, 0.2) is 0 Å². The largest absolute Gasteiger partial charge is 0.358 e. The van der Waals surface area contributed by atoms with E-state index in [4.69, 9.17) is 0 Å². The average Bonchev–Trinajstić information content (AvgIpc) is 2.62. The Bertz CT molecular complexity index is 328. The van der Waals surface area contributed by atoms with Gasteiger partial charge < -0.3 is 14.9 Å². The summed E-state index contributed by atoms with van der Waals surface area (Å²) in [4.78, 5) is 0. The molecule has 0 fully saturated rings. The van der Waals surface area contributed by atoms with Crippen LogP contribution in [-0.4, -0.2) is 0 Å². The maximum Gasteiger partial charge on any atom is 0 e. The van der Waals surface area contributed by atoms with Crippen molar-refractivity contribution in [2.24, 2.45) is 0 Å². The van der Waals surface area contributed by atoms with Crippen LogP contribution >= 0.6 is 0 Å². The summed E-state index contributed by atoms with van der Waals surface area (Å²) < 4.78 is 0.